The summed E-state index contributed by atoms with van der Waals surface area (Å²) >= 11 is 0. The maximum absolute atomic E-state index is 10.5. The minimum atomic E-state index is -0.265. The normalized spacial score (nSPS) is 22.7. The number of carbonyl (C=O) groups excluding carboxylic acids is 1. The van der Waals surface area contributed by atoms with E-state index >= 15 is 0 Å². The Kier molecular flexibility index (Phi) is 6.03. The van der Waals surface area contributed by atoms with Crippen LogP contribution in [0.25, 0.3) is 0 Å². The third kappa shape index (κ3) is 3.93. The van der Waals surface area contributed by atoms with Crippen LogP contribution in [0.15, 0.2) is 0 Å². The molecule has 13 heavy (non-hydrogen) atoms. The van der Waals surface area contributed by atoms with Crippen molar-refractivity contribution >= 4 is 18.3 Å². The van der Waals surface area contributed by atoms with Crippen molar-refractivity contribution < 1.29 is 9.90 Å². The lowest BCUT2D eigenvalue weighted by Crippen LogP contribution is -2.34. The van der Waals surface area contributed by atoms with Crippen LogP contribution in [-0.2, 0) is 4.79 Å². The summed E-state index contributed by atoms with van der Waals surface area (Å²) < 4.78 is 0. The molecule has 78 valence electrons. The van der Waals surface area contributed by atoms with E-state index in [1.54, 1.807) is 0 Å². The Bertz CT molecular complexity index is 166. The molecule has 1 saturated heterocycles. The van der Waals surface area contributed by atoms with Crippen LogP contribution in [0.5, 0.6) is 0 Å². The smallest absolute Gasteiger partial charge is 0.218 e. The summed E-state index contributed by atoms with van der Waals surface area (Å²) in [5.41, 5.74) is 5.03. The average molecular weight is 209 g/mol. The molecule has 0 saturated carbocycles. The molecule has 1 aliphatic rings. The fraction of sp³-hybridized carbons (Fsp3) is 0.875. The number of rotatable bonds is 4. The van der Waals surface area contributed by atoms with Gasteiger partial charge in [-0.25, -0.2) is 0 Å². The molecule has 1 rings (SSSR count). The van der Waals surface area contributed by atoms with Crippen molar-refractivity contribution in [2.75, 3.05) is 19.7 Å². The Balaban J connectivity index is 0.00000144. The van der Waals surface area contributed by atoms with Crippen molar-refractivity contribution in [3.8, 4) is 0 Å². The van der Waals surface area contributed by atoms with Crippen LogP contribution in [0.4, 0.5) is 0 Å². The zero-order chi connectivity index (χ0) is 8.97. The van der Waals surface area contributed by atoms with Gasteiger partial charge in [0.1, 0.15) is 0 Å². The highest BCUT2D eigenvalue weighted by molar-refractivity contribution is 5.85. The number of hydrogen-bond acceptors (Lipinski definition) is 3. The number of amides is 1. The molecule has 1 atom stereocenters. The van der Waals surface area contributed by atoms with Crippen molar-refractivity contribution in [2.45, 2.75) is 25.3 Å². The molecule has 0 spiro atoms. The van der Waals surface area contributed by atoms with E-state index in [-0.39, 0.29) is 31.0 Å². The number of primary amides is 1. The van der Waals surface area contributed by atoms with Crippen LogP contribution in [-0.4, -0.2) is 41.7 Å². The summed E-state index contributed by atoms with van der Waals surface area (Å²) in [5.74, 6) is -0.265. The van der Waals surface area contributed by atoms with Crippen LogP contribution >= 0.6 is 12.4 Å². The molecule has 1 aliphatic heterocycles. The number of likely N-dealkylation sites (tertiary alicyclic amines) is 1. The van der Waals surface area contributed by atoms with Crippen LogP contribution in [0, 0.1) is 0 Å². The number of nitrogens with two attached hydrogens (primary N) is 1. The first kappa shape index (κ1) is 12.7. The average Bonchev–Trinajstić information content (AvgIpc) is 2.47. The van der Waals surface area contributed by atoms with Gasteiger partial charge in [0.2, 0.25) is 5.91 Å². The molecule has 0 aliphatic carbocycles. The Hall–Kier alpha value is -0.320. The molecule has 0 aromatic heterocycles. The van der Waals surface area contributed by atoms with Gasteiger partial charge in [-0.3, -0.25) is 9.69 Å². The molecule has 1 heterocycles. The van der Waals surface area contributed by atoms with Crippen molar-refractivity contribution in [1.29, 1.82) is 0 Å². The lowest BCUT2D eigenvalue weighted by Gasteiger charge is -2.21. The van der Waals surface area contributed by atoms with Crippen LogP contribution in [0.1, 0.15) is 19.3 Å². The predicted octanol–water partition coefficient (Wildman–Crippen LogP) is -0.260. The molecule has 4 nitrogen and oxygen atoms in total. The van der Waals surface area contributed by atoms with E-state index in [4.69, 9.17) is 10.8 Å². The van der Waals surface area contributed by atoms with E-state index in [0.717, 1.165) is 19.4 Å². The highest BCUT2D eigenvalue weighted by Gasteiger charge is 2.23. The van der Waals surface area contributed by atoms with Gasteiger partial charge in [-0.15, -0.1) is 12.4 Å². The fourth-order valence-corrected chi connectivity index (χ4v) is 1.65. The number of aliphatic hydroxyl groups is 1. The predicted molar refractivity (Wildman–Crippen MR) is 52.7 cm³/mol. The van der Waals surface area contributed by atoms with Gasteiger partial charge in [-0.1, -0.05) is 0 Å². The number of hydrogen-bond donors (Lipinski definition) is 2. The molecule has 0 aromatic carbocycles. The zero-order valence-corrected chi connectivity index (χ0v) is 8.42. The maximum Gasteiger partial charge on any atom is 0.218 e. The van der Waals surface area contributed by atoms with Crippen molar-refractivity contribution in [2.24, 2.45) is 5.73 Å². The van der Waals surface area contributed by atoms with Gasteiger partial charge in [-0.2, -0.15) is 0 Å². The molecular weight excluding hydrogens is 192 g/mol. The van der Waals surface area contributed by atoms with Gasteiger partial charge >= 0.3 is 0 Å². The van der Waals surface area contributed by atoms with E-state index in [2.05, 4.69) is 4.90 Å². The van der Waals surface area contributed by atoms with Crippen molar-refractivity contribution in [3.63, 3.8) is 0 Å². The third-order valence-corrected chi connectivity index (χ3v) is 2.36. The fourth-order valence-electron chi connectivity index (χ4n) is 1.65. The third-order valence-electron chi connectivity index (χ3n) is 2.36. The molecule has 3 N–H and O–H groups in total. The van der Waals surface area contributed by atoms with Gasteiger partial charge in [-0.05, 0) is 19.4 Å². The first-order valence-corrected chi connectivity index (χ1v) is 4.37. The quantitative estimate of drug-likeness (QED) is 0.669. The molecule has 1 fully saturated rings. The van der Waals surface area contributed by atoms with Crippen LogP contribution < -0.4 is 5.73 Å². The van der Waals surface area contributed by atoms with E-state index < -0.39 is 0 Å². The summed E-state index contributed by atoms with van der Waals surface area (Å²) in [4.78, 5) is 12.6. The Labute approximate surface area is 84.5 Å². The highest BCUT2D eigenvalue weighted by Crippen LogP contribution is 2.16. The molecule has 0 bridgehead atoms. The summed E-state index contributed by atoms with van der Waals surface area (Å²) in [6, 6.07) is 0.254. The van der Waals surface area contributed by atoms with Gasteiger partial charge in [0, 0.05) is 19.0 Å². The lowest BCUT2D eigenvalue weighted by atomic mass is 10.2. The zero-order valence-electron chi connectivity index (χ0n) is 7.61. The topological polar surface area (TPSA) is 66.6 Å². The molecule has 5 heteroatoms. The van der Waals surface area contributed by atoms with Gasteiger partial charge < -0.3 is 10.8 Å². The largest absolute Gasteiger partial charge is 0.395 e. The summed E-state index contributed by atoms with van der Waals surface area (Å²) in [5, 5.41) is 8.94. The standard InChI is InChI=1S/C8H16N2O2.ClH/c9-8(12)3-5-10-4-1-2-7(10)6-11;/h7,11H,1-6H2,(H2,9,12);1H/t7-;/m1./s1. The van der Waals surface area contributed by atoms with Crippen LogP contribution in [0.2, 0.25) is 0 Å². The SMILES string of the molecule is Cl.NC(=O)CCN1CCC[C@@H]1CO. The first-order valence-electron chi connectivity index (χ1n) is 4.37. The Morgan fingerprint density at radius 3 is 2.85 bits per heavy atom. The molecule has 0 unspecified atom stereocenters. The van der Waals surface area contributed by atoms with Crippen molar-refractivity contribution in [1.82, 2.24) is 4.90 Å². The van der Waals surface area contributed by atoms with Crippen LogP contribution in [0.3, 0.4) is 0 Å². The van der Waals surface area contributed by atoms with Gasteiger partial charge in [0.25, 0.3) is 0 Å². The van der Waals surface area contributed by atoms with E-state index in [9.17, 15) is 4.79 Å². The monoisotopic (exact) mass is 208 g/mol. The Morgan fingerprint density at radius 1 is 1.62 bits per heavy atom. The van der Waals surface area contributed by atoms with E-state index in [1.807, 2.05) is 0 Å². The molecular formula is C8H17ClN2O2. The second kappa shape index (κ2) is 6.18. The number of aliphatic hydroxyl groups excluding tert-OH is 1. The summed E-state index contributed by atoms with van der Waals surface area (Å²) in [6.07, 6.45) is 2.55. The number of halogens is 1. The maximum atomic E-state index is 10.5. The second-order valence-corrected chi connectivity index (χ2v) is 3.23. The second-order valence-electron chi connectivity index (χ2n) is 3.23. The van der Waals surface area contributed by atoms with Gasteiger partial charge in [0.15, 0.2) is 0 Å². The van der Waals surface area contributed by atoms with Gasteiger partial charge in [0.05, 0.1) is 6.61 Å². The lowest BCUT2D eigenvalue weighted by molar-refractivity contribution is -0.118. The van der Waals surface area contributed by atoms with E-state index in [1.165, 1.54) is 0 Å². The number of carbonyl (C=O) groups is 1. The first-order chi connectivity index (χ1) is 5.74. The van der Waals surface area contributed by atoms with E-state index in [0.29, 0.717) is 13.0 Å². The highest BCUT2D eigenvalue weighted by atomic mass is 35.5. The molecule has 1 amide bonds. The molecule has 0 radical (unpaired) electrons. The summed E-state index contributed by atoms with van der Waals surface area (Å²) in [6.45, 7) is 1.87. The van der Waals surface area contributed by atoms with Crippen molar-refractivity contribution in [3.05, 3.63) is 0 Å². The summed E-state index contributed by atoms with van der Waals surface area (Å²) in [7, 11) is 0. The minimum absolute atomic E-state index is 0. The Morgan fingerprint density at radius 2 is 2.31 bits per heavy atom. The minimum Gasteiger partial charge on any atom is -0.395 e. The molecule has 0 aromatic rings. The number of nitrogens with zero attached hydrogens (tertiary/aromatic N) is 1.